The van der Waals surface area contributed by atoms with Crippen LogP contribution >= 0.6 is 0 Å². The Bertz CT molecular complexity index is 2700. The van der Waals surface area contributed by atoms with Gasteiger partial charge in [-0.25, -0.2) is 0 Å². The second-order valence-corrected chi connectivity index (χ2v) is 13.8. The summed E-state index contributed by atoms with van der Waals surface area (Å²) in [7, 11) is 0. The van der Waals surface area contributed by atoms with Crippen molar-refractivity contribution in [1.29, 1.82) is 0 Å². The first-order chi connectivity index (χ1) is 23.6. The predicted octanol–water partition coefficient (Wildman–Crippen LogP) is 13.2. The van der Waals surface area contributed by atoms with Gasteiger partial charge in [0.2, 0.25) is 0 Å². The number of fused-ring (bicyclic) bond motifs is 4. The zero-order chi connectivity index (χ0) is 32.0. The Balaban J connectivity index is 1.27. The molecule has 9 aromatic rings. The maximum atomic E-state index is 2.51. The maximum absolute atomic E-state index is 2.51. The van der Waals surface area contributed by atoms with Gasteiger partial charge in [-0.05, 0) is 95.9 Å². The lowest BCUT2D eigenvalue weighted by atomic mass is 9.82. The molecule has 0 aliphatic heterocycles. The van der Waals surface area contributed by atoms with Gasteiger partial charge < -0.3 is 4.90 Å². The van der Waals surface area contributed by atoms with Crippen molar-refractivity contribution in [1.82, 2.24) is 0 Å². The Kier molecular flexibility index (Phi) is 5.69. The second kappa shape index (κ2) is 10.0. The molecule has 1 nitrogen and oxygen atoms in total. The minimum atomic E-state index is -0.103. The van der Waals surface area contributed by atoms with Crippen LogP contribution in [-0.4, -0.2) is 0 Å². The van der Waals surface area contributed by atoms with Gasteiger partial charge in [0, 0.05) is 22.1 Å². The van der Waals surface area contributed by atoms with Gasteiger partial charge in [0.15, 0.2) is 0 Å². The van der Waals surface area contributed by atoms with Gasteiger partial charge in [0.1, 0.15) is 0 Å². The van der Waals surface area contributed by atoms with E-state index >= 15 is 0 Å². The van der Waals surface area contributed by atoms with Gasteiger partial charge in [-0.3, -0.25) is 0 Å². The number of benzene rings is 9. The van der Waals surface area contributed by atoms with E-state index in [9.17, 15) is 0 Å². The molecule has 0 spiro atoms. The van der Waals surface area contributed by atoms with E-state index in [4.69, 9.17) is 0 Å². The minimum absolute atomic E-state index is 0.103. The Morgan fingerprint density at radius 2 is 1.02 bits per heavy atom. The van der Waals surface area contributed by atoms with Gasteiger partial charge in [-0.2, -0.15) is 0 Å². The van der Waals surface area contributed by atoms with Crippen LogP contribution in [-0.2, 0) is 5.41 Å². The van der Waals surface area contributed by atoms with Crippen LogP contribution < -0.4 is 4.90 Å². The lowest BCUT2D eigenvalue weighted by molar-refractivity contribution is 0.660. The summed E-state index contributed by atoms with van der Waals surface area (Å²) in [5.41, 5.74) is 11.3. The van der Waals surface area contributed by atoms with Crippen LogP contribution in [0.15, 0.2) is 164 Å². The summed E-state index contributed by atoms with van der Waals surface area (Å²) in [5, 5.41) is 10.2. The molecule has 0 fully saturated rings. The molecule has 0 heterocycles. The van der Waals surface area contributed by atoms with Crippen molar-refractivity contribution in [2.45, 2.75) is 19.3 Å². The summed E-state index contributed by atoms with van der Waals surface area (Å²) in [6.45, 7) is 4.73. The normalized spacial score (nSPS) is 13.4. The first kappa shape index (κ1) is 27.2. The van der Waals surface area contributed by atoms with E-state index in [2.05, 4.69) is 183 Å². The van der Waals surface area contributed by atoms with Crippen LogP contribution in [0.25, 0.3) is 65.3 Å². The highest BCUT2D eigenvalue weighted by molar-refractivity contribution is 6.26. The van der Waals surface area contributed by atoms with Crippen molar-refractivity contribution in [3.8, 4) is 22.3 Å². The molecular weight excluding hydrogens is 579 g/mol. The molecule has 0 N–H and O–H groups in total. The van der Waals surface area contributed by atoms with Crippen molar-refractivity contribution < 1.29 is 0 Å². The molecule has 0 atom stereocenters. The summed E-state index contributed by atoms with van der Waals surface area (Å²) in [5.74, 6) is 0. The zero-order valence-electron chi connectivity index (χ0n) is 27.0. The third-order valence-corrected chi connectivity index (χ3v) is 10.8. The molecular formula is C47H33N. The fourth-order valence-corrected chi connectivity index (χ4v) is 8.42. The van der Waals surface area contributed by atoms with Gasteiger partial charge in [-0.1, -0.05) is 147 Å². The van der Waals surface area contributed by atoms with Crippen LogP contribution in [0.2, 0.25) is 0 Å². The number of nitrogens with zero attached hydrogens (tertiary/aromatic N) is 1. The summed E-state index contributed by atoms with van der Waals surface area (Å²) >= 11 is 0. The average Bonchev–Trinajstić information content (AvgIpc) is 3.37. The lowest BCUT2D eigenvalue weighted by Crippen LogP contribution is -2.17. The summed E-state index contributed by atoms with van der Waals surface area (Å²) < 4.78 is 0. The molecule has 9 aromatic carbocycles. The van der Waals surface area contributed by atoms with Gasteiger partial charge >= 0.3 is 0 Å². The highest BCUT2D eigenvalue weighted by atomic mass is 15.1. The minimum Gasteiger partial charge on any atom is -0.309 e. The Morgan fingerprint density at radius 3 is 1.88 bits per heavy atom. The Morgan fingerprint density at radius 1 is 0.396 bits per heavy atom. The van der Waals surface area contributed by atoms with Crippen molar-refractivity contribution in [2.75, 3.05) is 4.90 Å². The highest BCUT2D eigenvalue weighted by Crippen LogP contribution is 2.52. The van der Waals surface area contributed by atoms with E-state index in [-0.39, 0.29) is 5.41 Å². The Hall–Kier alpha value is -5.92. The van der Waals surface area contributed by atoms with E-state index < -0.39 is 0 Å². The largest absolute Gasteiger partial charge is 0.309 e. The summed E-state index contributed by atoms with van der Waals surface area (Å²) in [6.07, 6.45) is 0. The van der Waals surface area contributed by atoms with Crippen molar-refractivity contribution >= 4 is 60.2 Å². The summed E-state index contributed by atoms with van der Waals surface area (Å²) in [4.78, 5) is 2.51. The molecule has 48 heavy (non-hydrogen) atoms. The smallest absolute Gasteiger partial charge is 0.0540 e. The van der Waals surface area contributed by atoms with E-state index in [0.717, 1.165) is 11.4 Å². The molecule has 1 heteroatoms. The number of para-hydroxylation sites is 1. The number of hydrogen-bond acceptors (Lipinski definition) is 1. The molecule has 10 rings (SSSR count). The zero-order valence-corrected chi connectivity index (χ0v) is 27.0. The van der Waals surface area contributed by atoms with Crippen molar-refractivity contribution in [3.63, 3.8) is 0 Å². The molecule has 1 aliphatic rings. The molecule has 0 radical (unpaired) electrons. The average molecular weight is 612 g/mol. The topological polar surface area (TPSA) is 3.24 Å². The number of anilines is 3. The number of rotatable bonds is 4. The first-order valence-corrected chi connectivity index (χ1v) is 16.9. The monoisotopic (exact) mass is 611 g/mol. The van der Waals surface area contributed by atoms with E-state index in [1.807, 2.05) is 0 Å². The molecule has 0 bridgehead atoms. The number of hydrogen-bond donors (Lipinski definition) is 0. The fourth-order valence-electron chi connectivity index (χ4n) is 8.42. The first-order valence-electron chi connectivity index (χ1n) is 16.9. The van der Waals surface area contributed by atoms with Crippen LogP contribution in [0, 0.1) is 0 Å². The van der Waals surface area contributed by atoms with Gasteiger partial charge in [-0.15, -0.1) is 0 Å². The van der Waals surface area contributed by atoms with Crippen LogP contribution in [0.1, 0.15) is 25.0 Å². The highest BCUT2D eigenvalue weighted by Gasteiger charge is 2.36. The third kappa shape index (κ3) is 3.85. The van der Waals surface area contributed by atoms with Crippen molar-refractivity contribution in [2.24, 2.45) is 0 Å². The van der Waals surface area contributed by atoms with E-state index in [0.29, 0.717) is 0 Å². The van der Waals surface area contributed by atoms with E-state index in [1.165, 1.54) is 82.2 Å². The second-order valence-electron chi connectivity index (χ2n) is 13.8. The fraction of sp³-hybridized carbons (Fsp3) is 0.0638. The molecule has 0 amide bonds. The maximum Gasteiger partial charge on any atom is 0.0540 e. The molecule has 0 aromatic heterocycles. The van der Waals surface area contributed by atoms with Crippen LogP contribution in [0.3, 0.4) is 0 Å². The quantitative estimate of drug-likeness (QED) is 0.179. The summed E-state index contributed by atoms with van der Waals surface area (Å²) in [6, 6.07) is 60.8. The van der Waals surface area contributed by atoms with Crippen molar-refractivity contribution in [3.05, 3.63) is 175 Å². The van der Waals surface area contributed by atoms with Crippen LogP contribution in [0.4, 0.5) is 17.1 Å². The molecule has 226 valence electrons. The Labute approximate surface area is 280 Å². The van der Waals surface area contributed by atoms with Gasteiger partial charge in [0.05, 0.1) is 11.4 Å². The standard InChI is InChI=1S/C47H33N/c1-47(2)41-16-7-5-15-38(41)39-26-24-36(29-42(39)47)48(43-17-8-6-14-37(43)35-21-18-30-10-3-4-11-34(30)28-35)44-27-23-33-20-19-31-12-9-13-32-22-25-40(44)46(33)45(31)32/h3-29H,1-2H3. The molecule has 1 aliphatic carbocycles. The third-order valence-electron chi connectivity index (χ3n) is 10.8. The SMILES string of the molecule is CC1(C)c2ccccc2-c2ccc(N(c3ccccc3-c3ccc4ccccc4c3)c3ccc4ccc5cccc6ccc3c4c56)cc21. The predicted molar refractivity (Wildman–Crippen MR) is 205 cm³/mol. The lowest BCUT2D eigenvalue weighted by Gasteiger charge is -2.31. The van der Waals surface area contributed by atoms with Gasteiger partial charge in [0.25, 0.3) is 0 Å². The molecule has 0 saturated heterocycles. The molecule has 0 unspecified atom stereocenters. The van der Waals surface area contributed by atoms with E-state index in [1.54, 1.807) is 0 Å². The van der Waals surface area contributed by atoms with Crippen LogP contribution in [0.5, 0.6) is 0 Å². The molecule has 0 saturated carbocycles.